The molecule has 2 aromatic rings. The molecule has 1 heterocycles. The van der Waals surface area contributed by atoms with E-state index in [0.29, 0.717) is 0 Å². The number of hydrogen-bond acceptors (Lipinski definition) is 1. The van der Waals surface area contributed by atoms with E-state index < -0.39 is 0 Å². The van der Waals surface area contributed by atoms with Crippen molar-refractivity contribution in [2.24, 2.45) is 0 Å². The van der Waals surface area contributed by atoms with Crippen LogP contribution < -0.4 is 0 Å². The van der Waals surface area contributed by atoms with Gasteiger partial charge in [0.15, 0.2) is 0 Å². The second-order valence-corrected chi connectivity index (χ2v) is 6.65. The van der Waals surface area contributed by atoms with Crippen LogP contribution in [0.15, 0.2) is 18.3 Å². The van der Waals surface area contributed by atoms with E-state index in [9.17, 15) is 0 Å². The zero-order chi connectivity index (χ0) is 14.8. The monoisotopic (exact) mass is 284 g/mol. The minimum atomic E-state index is 1.07. The molecule has 0 radical (unpaired) electrons. The van der Waals surface area contributed by atoms with Crippen LogP contribution in [0.5, 0.6) is 0 Å². The van der Waals surface area contributed by atoms with E-state index in [4.69, 9.17) is 0 Å². The summed E-state index contributed by atoms with van der Waals surface area (Å²) in [6.07, 6.45) is 10.2. The molecular weight excluding hydrogens is 256 g/mol. The fraction of sp³-hybridized carbons (Fsp3) is 0.579. The van der Waals surface area contributed by atoms with Crippen LogP contribution in [-0.2, 0) is 25.8 Å². The second-order valence-electron chi connectivity index (χ2n) is 6.65. The molecule has 0 aliphatic heterocycles. The molecular formula is C19H28N2. The molecule has 0 N–H and O–H groups in total. The molecule has 1 aliphatic rings. The fourth-order valence-corrected chi connectivity index (χ4v) is 3.71. The average molecular weight is 284 g/mol. The molecule has 0 amide bonds. The lowest BCUT2D eigenvalue weighted by Crippen LogP contribution is -2.15. The minimum Gasteiger partial charge on any atom is -0.347 e. The Morgan fingerprint density at radius 2 is 1.90 bits per heavy atom. The number of fused-ring (bicyclic) bond motifs is 3. The third-order valence-corrected chi connectivity index (χ3v) is 4.87. The summed E-state index contributed by atoms with van der Waals surface area (Å²) >= 11 is 0. The summed E-state index contributed by atoms with van der Waals surface area (Å²) in [5.41, 5.74) is 6.28. The van der Waals surface area contributed by atoms with Crippen LogP contribution >= 0.6 is 0 Å². The normalized spacial score (nSPS) is 15.4. The molecule has 0 atom stereocenters. The molecule has 1 aliphatic carbocycles. The van der Waals surface area contributed by atoms with Gasteiger partial charge in [-0.15, -0.1) is 0 Å². The Hall–Kier alpha value is -1.28. The predicted molar refractivity (Wildman–Crippen MR) is 91.1 cm³/mol. The van der Waals surface area contributed by atoms with Gasteiger partial charge in [0, 0.05) is 30.2 Å². The Kier molecular flexibility index (Phi) is 4.34. The first-order chi connectivity index (χ1) is 10.2. The van der Waals surface area contributed by atoms with Crippen molar-refractivity contribution in [3.05, 3.63) is 35.0 Å². The highest BCUT2D eigenvalue weighted by Crippen LogP contribution is 2.32. The van der Waals surface area contributed by atoms with Crippen molar-refractivity contribution in [3.63, 3.8) is 0 Å². The lowest BCUT2D eigenvalue weighted by atomic mass is 9.96. The molecule has 114 valence electrons. The predicted octanol–water partition coefficient (Wildman–Crippen LogP) is 4.03. The first kappa shape index (κ1) is 14.6. The average Bonchev–Trinajstić information content (AvgIpc) is 2.66. The maximum absolute atomic E-state index is 2.44. The van der Waals surface area contributed by atoms with Crippen LogP contribution in [-0.4, -0.2) is 30.1 Å². The topological polar surface area (TPSA) is 8.17 Å². The van der Waals surface area contributed by atoms with Crippen molar-refractivity contribution in [1.82, 2.24) is 9.47 Å². The Morgan fingerprint density at radius 1 is 1.10 bits per heavy atom. The van der Waals surface area contributed by atoms with Crippen LogP contribution in [0.3, 0.4) is 0 Å². The number of benzene rings is 1. The molecule has 0 bridgehead atoms. The van der Waals surface area contributed by atoms with Crippen LogP contribution in [0.25, 0.3) is 10.9 Å². The van der Waals surface area contributed by atoms with Crippen molar-refractivity contribution >= 4 is 10.9 Å². The van der Waals surface area contributed by atoms with E-state index >= 15 is 0 Å². The van der Waals surface area contributed by atoms with Crippen molar-refractivity contribution in [2.45, 2.75) is 52.0 Å². The molecule has 1 aromatic carbocycles. The van der Waals surface area contributed by atoms with Gasteiger partial charge in [-0.3, -0.25) is 0 Å². The number of aromatic nitrogens is 1. The van der Waals surface area contributed by atoms with Gasteiger partial charge in [0.25, 0.3) is 0 Å². The Morgan fingerprint density at radius 3 is 2.67 bits per heavy atom. The van der Waals surface area contributed by atoms with Gasteiger partial charge < -0.3 is 9.47 Å². The maximum atomic E-state index is 2.44. The minimum absolute atomic E-state index is 1.07. The molecule has 0 saturated heterocycles. The first-order valence-electron chi connectivity index (χ1n) is 8.48. The van der Waals surface area contributed by atoms with Crippen molar-refractivity contribution in [3.8, 4) is 0 Å². The Labute approximate surface area is 128 Å². The maximum Gasteiger partial charge on any atom is 0.0486 e. The number of rotatable bonds is 4. The van der Waals surface area contributed by atoms with E-state index in [-0.39, 0.29) is 0 Å². The second kappa shape index (κ2) is 6.23. The molecule has 2 nitrogen and oxygen atoms in total. The third-order valence-electron chi connectivity index (χ3n) is 4.87. The summed E-state index contributed by atoms with van der Waals surface area (Å²) < 4.78 is 2.44. The highest BCUT2D eigenvalue weighted by molar-refractivity contribution is 5.88. The molecule has 0 fully saturated rings. The smallest absolute Gasteiger partial charge is 0.0486 e. The van der Waals surface area contributed by atoms with Crippen molar-refractivity contribution in [1.29, 1.82) is 0 Å². The number of hydrogen-bond donors (Lipinski definition) is 0. The zero-order valence-electron chi connectivity index (χ0n) is 13.8. The van der Waals surface area contributed by atoms with Gasteiger partial charge in [-0.1, -0.05) is 12.5 Å². The van der Waals surface area contributed by atoms with E-state index in [1.165, 1.54) is 37.6 Å². The zero-order valence-corrected chi connectivity index (χ0v) is 13.8. The first-order valence-corrected chi connectivity index (χ1v) is 8.48. The summed E-state index contributed by atoms with van der Waals surface area (Å²) in [7, 11) is 4.33. The molecule has 3 rings (SSSR count). The van der Waals surface area contributed by atoms with Crippen LogP contribution in [0, 0.1) is 0 Å². The highest BCUT2D eigenvalue weighted by atomic mass is 15.0. The summed E-state index contributed by atoms with van der Waals surface area (Å²) in [4.78, 5) is 2.29. The summed E-state index contributed by atoms with van der Waals surface area (Å²) in [6, 6.07) is 4.76. The lowest BCUT2D eigenvalue weighted by Gasteiger charge is -2.12. The quantitative estimate of drug-likeness (QED) is 0.769. The van der Waals surface area contributed by atoms with Gasteiger partial charge in [-0.05, 0) is 75.9 Å². The lowest BCUT2D eigenvalue weighted by molar-refractivity contribution is 0.414. The highest BCUT2D eigenvalue weighted by Gasteiger charge is 2.17. The third kappa shape index (κ3) is 2.87. The SMILES string of the molecule is CCn1cc(CCN(C)C)c2c3c(ccc21)CCCCC3. The molecule has 0 unspecified atom stereocenters. The van der Waals surface area contributed by atoms with E-state index in [0.717, 1.165) is 19.5 Å². The van der Waals surface area contributed by atoms with Crippen LogP contribution in [0.4, 0.5) is 0 Å². The summed E-state index contributed by atoms with van der Waals surface area (Å²) in [5.74, 6) is 0. The standard InChI is InChI=1S/C19H28N2/c1-4-21-14-16(12-13-20(2)3)19-17-9-7-5-6-8-15(17)10-11-18(19)21/h10-11,14H,4-9,12-13H2,1-3H3. The van der Waals surface area contributed by atoms with Gasteiger partial charge in [-0.25, -0.2) is 0 Å². The van der Waals surface area contributed by atoms with E-state index in [1.54, 1.807) is 22.1 Å². The van der Waals surface area contributed by atoms with Crippen LogP contribution in [0.2, 0.25) is 0 Å². The van der Waals surface area contributed by atoms with E-state index in [2.05, 4.69) is 48.8 Å². The molecule has 0 saturated carbocycles. The summed E-state index contributed by atoms with van der Waals surface area (Å²) in [5, 5.41) is 1.58. The van der Waals surface area contributed by atoms with Gasteiger partial charge in [-0.2, -0.15) is 0 Å². The van der Waals surface area contributed by atoms with Crippen LogP contribution in [0.1, 0.15) is 42.9 Å². The number of likely N-dealkylation sites (N-methyl/N-ethyl adjacent to an activating group) is 1. The molecule has 21 heavy (non-hydrogen) atoms. The largest absolute Gasteiger partial charge is 0.347 e. The van der Waals surface area contributed by atoms with Gasteiger partial charge in [0.05, 0.1) is 0 Å². The summed E-state index contributed by atoms with van der Waals surface area (Å²) in [6.45, 7) is 4.45. The van der Waals surface area contributed by atoms with Gasteiger partial charge >= 0.3 is 0 Å². The Balaban J connectivity index is 2.12. The fourth-order valence-electron chi connectivity index (χ4n) is 3.71. The van der Waals surface area contributed by atoms with Gasteiger partial charge in [0.2, 0.25) is 0 Å². The molecule has 0 spiro atoms. The number of nitrogens with zero attached hydrogens (tertiary/aromatic N) is 2. The van der Waals surface area contributed by atoms with Crippen molar-refractivity contribution in [2.75, 3.05) is 20.6 Å². The molecule has 1 aromatic heterocycles. The molecule has 2 heteroatoms. The van der Waals surface area contributed by atoms with Crippen molar-refractivity contribution < 1.29 is 0 Å². The Bertz CT molecular complexity index is 622. The van der Waals surface area contributed by atoms with Gasteiger partial charge in [0.1, 0.15) is 0 Å². The number of aryl methyl sites for hydroxylation is 3. The van der Waals surface area contributed by atoms with E-state index in [1.807, 2.05) is 0 Å².